The lowest BCUT2D eigenvalue weighted by Gasteiger charge is -2.64. The van der Waals surface area contributed by atoms with E-state index in [4.69, 9.17) is 0 Å². The van der Waals surface area contributed by atoms with Gasteiger partial charge in [0.1, 0.15) is 12.4 Å². The summed E-state index contributed by atoms with van der Waals surface area (Å²) in [5.74, 6) is 1.46. The first kappa shape index (κ1) is 23.7. The van der Waals surface area contributed by atoms with Gasteiger partial charge in [-0.2, -0.15) is 0 Å². The van der Waals surface area contributed by atoms with E-state index < -0.39 is 17.3 Å². The Morgan fingerprint density at radius 3 is 2.35 bits per heavy atom. The van der Waals surface area contributed by atoms with Gasteiger partial charge in [0, 0.05) is 11.3 Å². The summed E-state index contributed by atoms with van der Waals surface area (Å²) >= 11 is 0. The molecule has 0 aromatic carbocycles. The molecule has 31 heavy (non-hydrogen) atoms. The maximum absolute atomic E-state index is 11.1. The molecule has 0 aromatic rings. The summed E-state index contributed by atoms with van der Waals surface area (Å²) in [6.07, 6.45) is 11.9. The Hall–Kier alpha value is -0.450. The summed E-state index contributed by atoms with van der Waals surface area (Å²) in [7, 11) is 0. The Morgan fingerprint density at radius 1 is 0.935 bits per heavy atom. The molecule has 178 valence electrons. The van der Waals surface area contributed by atoms with Crippen LogP contribution in [0.3, 0.4) is 0 Å². The van der Waals surface area contributed by atoms with Crippen molar-refractivity contribution >= 4 is 6.29 Å². The minimum atomic E-state index is -1.96. The van der Waals surface area contributed by atoms with Gasteiger partial charge in [0.05, 0.1) is 0 Å². The first-order valence-electron chi connectivity index (χ1n) is 13.2. The van der Waals surface area contributed by atoms with Crippen LogP contribution in [0.2, 0.25) is 0 Å². The fraction of sp³-hybridized carbons (Fsp3) is 0.963. The van der Waals surface area contributed by atoms with Gasteiger partial charge in [-0.1, -0.05) is 40.5 Å². The Kier molecular flexibility index (Phi) is 6.42. The molecule has 4 nitrogen and oxygen atoms in total. The van der Waals surface area contributed by atoms with Crippen molar-refractivity contribution in [3.8, 4) is 0 Å². The van der Waals surface area contributed by atoms with Crippen molar-refractivity contribution in [3.63, 3.8) is 0 Å². The maximum atomic E-state index is 11.1. The number of aliphatic hydroxyl groups is 3. The van der Waals surface area contributed by atoms with E-state index in [0.717, 1.165) is 44.3 Å². The number of carbonyl (C=O) groups is 1. The zero-order chi connectivity index (χ0) is 22.6. The van der Waals surface area contributed by atoms with Gasteiger partial charge in [0.15, 0.2) is 5.79 Å². The molecule has 3 N–H and O–H groups in total. The van der Waals surface area contributed by atoms with Gasteiger partial charge in [0.2, 0.25) is 0 Å². The second-order valence-corrected chi connectivity index (χ2v) is 12.5. The molecular weight excluding hydrogens is 388 g/mol. The Labute approximate surface area is 189 Å². The van der Waals surface area contributed by atoms with Crippen LogP contribution >= 0.6 is 0 Å². The van der Waals surface area contributed by atoms with Crippen molar-refractivity contribution in [2.75, 3.05) is 0 Å². The fourth-order valence-corrected chi connectivity index (χ4v) is 9.37. The Morgan fingerprint density at radius 2 is 1.65 bits per heavy atom. The molecular formula is C27H46O4. The normalized spacial score (nSPS) is 48.2. The summed E-state index contributed by atoms with van der Waals surface area (Å²) in [6, 6.07) is 0. The molecule has 0 saturated heterocycles. The van der Waals surface area contributed by atoms with E-state index >= 15 is 0 Å². The molecule has 4 saturated carbocycles. The quantitative estimate of drug-likeness (QED) is 0.409. The molecule has 10 atom stereocenters. The molecule has 0 spiro atoms. The molecule has 0 radical (unpaired) electrons. The number of fused-ring (bicyclic) bond motifs is 5. The zero-order valence-electron chi connectivity index (χ0n) is 20.2. The monoisotopic (exact) mass is 434 g/mol. The zero-order valence-corrected chi connectivity index (χ0v) is 20.2. The van der Waals surface area contributed by atoms with Crippen LogP contribution in [0.15, 0.2) is 0 Å². The smallest absolute Gasteiger partial charge is 0.195 e. The SMILES string of the molecule is CC(C=O)CCC[C@@H](C)[C@H]1CC[C@H]2[C@@H]3CC[C@@H]4CCC(O)C(O)(O)[C@]4(C)[C@H]3CC[C@]12C. The highest BCUT2D eigenvalue weighted by Gasteiger charge is 2.67. The second kappa shape index (κ2) is 8.40. The third kappa shape index (κ3) is 3.54. The van der Waals surface area contributed by atoms with E-state index in [-0.39, 0.29) is 5.92 Å². The third-order valence-electron chi connectivity index (χ3n) is 11.3. The predicted octanol–water partition coefficient (Wildman–Crippen LogP) is 4.94. The van der Waals surface area contributed by atoms with Crippen molar-refractivity contribution < 1.29 is 20.1 Å². The summed E-state index contributed by atoms with van der Waals surface area (Å²) in [5.41, 5.74) is -0.246. The topological polar surface area (TPSA) is 77.8 Å². The van der Waals surface area contributed by atoms with Crippen LogP contribution in [-0.4, -0.2) is 33.5 Å². The number of hydrogen-bond donors (Lipinski definition) is 3. The standard InChI is InChI=1S/C27H46O4/c1-17(16-28)6-5-7-18(2)21-11-12-22-20-10-8-19-9-13-24(29)27(30,31)26(19,4)23(20)14-15-25(21,22)3/h16-24,29-31H,5-15H2,1-4H3/t17?,18-,19-,20+,21-,22+,23+,24?,25-,26+/m1/s1. The van der Waals surface area contributed by atoms with E-state index in [0.29, 0.717) is 41.4 Å². The first-order valence-corrected chi connectivity index (χ1v) is 13.2. The lowest BCUT2D eigenvalue weighted by molar-refractivity contribution is -0.349. The maximum Gasteiger partial charge on any atom is 0.195 e. The molecule has 2 unspecified atom stereocenters. The van der Waals surface area contributed by atoms with Crippen molar-refractivity contribution in [3.05, 3.63) is 0 Å². The molecule has 0 aromatic heterocycles. The largest absolute Gasteiger partial charge is 0.387 e. The molecule has 0 aliphatic heterocycles. The van der Waals surface area contributed by atoms with Crippen LogP contribution in [-0.2, 0) is 4.79 Å². The molecule has 4 heteroatoms. The Bertz CT molecular complexity index is 662. The summed E-state index contributed by atoms with van der Waals surface area (Å²) < 4.78 is 0. The highest BCUT2D eigenvalue weighted by Crippen LogP contribution is 2.69. The van der Waals surface area contributed by atoms with Gasteiger partial charge in [-0.05, 0) is 98.7 Å². The predicted molar refractivity (Wildman–Crippen MR) is 122 cm³/mol. The van der Waals surface area contributed by atoms with E-state index in [1.54, 1.807) is 0 Å². The minimum Gasteiger partial charge on any atom is -0.387 e. The highest BCUT2D eigenvalue weighted by atomic mass is 16.5. The van der Waals surface area contributed by atoms with Gasteiger partial charge >= 0.3 is 0 Å². The molecule has 4 aliphatic rings. The average molecular weight is 435 g/mol. The fourth-order valence-electron chi connectivity index (χ4n) is 9.37. The highest BCUT2D eigenvalue weighted by molar-refractivity contribution is 5.52. The number of aldehydes is 1. The third-order valence-corrected chi connectivity index (χ3v) is 11.3. The van der Waals surface area contributed by atoms with Gasteiger partial charge < -0.3 is 20.1 Å². The summed E-state index contributed by atoms with van der Waals surface area (Å²) in [6.45, 7) is 9.07. The van der Waals surface area contributed by atoms with Crippen LogP contribution in [0.25, 0.3) is 0 Å². The van der Waals surface area contributed by atoms with E-state index in [2.05, 4.69) is 20.8 Å². The van der Waals surface area contributed by atoms with Crippen LogP contribution < -0.4 is 0 Å². The molecule has 4 rings (SSSR count). The van der Waals surface area contributed by atoms with Crippen molar-refractivity contribution in [2.24, 2.45) is 52.3 Å². The number of carbonyl (C=O) groups excluding carboxylic acids is 1. The van der Waals surface area contributed by atoms with Crippen LogP contribution in [0.1, 0.15) is 98.3 Å². The van der Waals surface area contributed by atoms with Crippen LogP contribution in [0.4, 0.5) is 0 Å². The second-order valence-electron chi connectivity index (χ2n) is 12.5. The van der Waals surface area contributed by atoms with E-state index in [9.17, 15) is 20.1 Å². The molecule has 0 bridgehead atoms. The lowest BCUT2D eigenvalue weighted by atomic mass is 9.43. The van der Waals surface area contributed by atoms with Crippen LogP contribution in [0.5, 0.6) is 0 Å². The lowest BCUT2D eigenvalue weighted by Crippen LogP contribution is -2.68. The summed E-state index contributed by atoms with van der Waals surface area (Å²) in [5, 5.41) is 32.8. The van der Waals surface area contributed by atoms with E-state index in [1.165, 1.54) is 32.1 Å². The number of aliphatic hydroxyl groups excluding tert-OH is 1. The Balaban J connectivity index is 1.51. The van der Waals surface area contributed by atoms with Crippen LogP contribution in [0, 0.1) is 52.3 Å². The van der Waals surface area contributed by atoms with Crippen molar-refractivity contribution in [2.45, 2.75) is 110 Å². The number of hydrogen-bond acceptors (Lipinski definition) is 4. The molecule has 4 aliphatic carbocycles. The van der Waals surface area contributed by atoms with Crippen molar-refractivity contribution in [1.82, 2.24) is 0 Å². The van der Waals surface area contributed by atoms with E-state index in [1.807, 2.05) is 6.92 Å². The van der Waals surface area contributed by atoms with Gasteiger partial charge in [-0.25, -0.2) is 0 Å². The first-order chi connectivity index (χ1) is 14.6. The van der Waals surface area contributed by atoms with Gasteiger partial charge in [0.25, 0.3) is 0 Å². The van der Waals surface area contributed by atoms with Crippen molar-refractivity contribution in [1.29, 1.82) is 0 Å². The minimum absolute atomic E-state index is 0.175. The molecule has 4 fully saturated rings. The van der Waals surface area contributed by atoms with Gasteiger partial charge in [-0.3, -0.25) is 0 Å². The molecule has 0 amide bonds. The van der Waals surface area contributed by atoms with Gasteiger partial charge in [-0.15, -0.1) is 0 Å². The number of rotatable bonds is 6. The molecule has 0 heterocycles. The average Bonchev–Trinajstić information content (AvgIpc) is 3.09. The summed E-state index contributed by atoms with van der Waals surface area (Å²) in [4.78, 5) is 11.0.